The maximum absolute atomic E-state index is 15.1. The molecular formula is C22H23FN4O2. The number of hydrogen-bond acceptors (Lipinski definition) is 4. The third-order valence-corrected chi connectivity index (χ3v) is 4.44. The van der Waals surface area contributed by atoms with E-state index in [9.17, 15) is 10.1 Å². The number of aromatic nitrogens is 2. The minimum absolute atomic E-state index is 0.207. The first-order valence-electron chi connectivity index (χ1n) is 9.20. The molecule has 0 atom stereocenters. The third kappa shape index (κ3) is 4.37. The summed E-state index contributed by atoms with van der Waals surface area (Å²) >= 11 is 0. The number of halogens is 1. The SMILES string of the molecule is Cc1cc(CN(C)C(=O)OC(C)(C)C)cc(F)c1-c1cc2cn[nH]c2cc1C#N. The molecule has 3 rings (SSSR count). The van der Waals surface area contributed by atoms with Crippen LogP contribution in [0, 0.1) is 24.1 Å². The van der Waals surface area contributed by atoms with Crippen LogP contribution < -0.4 is 0 Å². The number of nitrogens with one attached hydrogen (secondary N) is 1. The van der Waals surface area contributed by atoms with E-state index in [0.29, 0.717) is 27.8 Å². The van der Waals surface area contributed by atoms with Crippen LogP contribution in [0.2, 0.25) is 0 Å². The second kappa shape index (κ2) is 7.55. The zero-order valence-corrected chi connectivity index (χ0v) is 17.1. The number of nitrogens with zero attached hydrogens (tertiary/aromatic N) is 3. The molecule has 0 saturated carbocycles. The number of nitriles is 1. The van der Waals surface area contributed by atoms with Gasteiger partial charge in [-0.25, -0.2) is 9.18 Å². The van der Waals surface area contributed by atoms with Crippen LogP contribution in [0.1, 0.15) is 37.5 Å². The largest absolute Gasteiger partial charge is 0.444 e. The highest BCUT2D eigenvalue weighted by Gasteiger charge is 2.21. The number of aryl methyl sites for hydroxylation is 1. The van der Waals surface area contributed by atoms with Gasteiger partial charge in [-0.1, -0.05) is 6.07 Å². The fraction of sp³-hybridized carbons (Fsp3) is 0.318. The number of rotatable bonds is 3. The lowest BCUT2D eigenvalue weighted by molar-refractivity contribution is 0.0285. The van der Waals surface area contributed by atoms with Gasteiger partial charge in [0.25, 0.3) is 0 Å². The van der Waals surface area contributed by atoms with Gasteiger partial charge in [0.15, 0.2) is 0 Å². The van der Waals surface area contributed by atoms with E-state index in [1.165, 1.54) is 11.0 Å². The average molecular weight is 394 g/mol. The topological polar surface area (TPSA) is 82.0 Å². The molecule has 0 saturated heterocycles. The van der Waals surface area contributed by atoms with Gasteiger partial charge in [-0.3, -0.25) is 5.10 Å². The molecule has 1 N–H and O–H groups in total. The van der Waals surface area contributed by atoms with Crippen LogP contribution in [0.4, 0.5) is 9.18 Å². The van der Waals surface area contributed by atoms with Gasteiger partial charge in [0.05, 0.1) is 23.3 Å². The molecule has 1 aromatic heterocycles. The highest BCUT2D eigenvalue weighted by atomic mass is 19.1. The van der Waals surface area contributed by atoms with Crippen molar-refractivity contribution in [3.63, 3.8) is 0 Å². The van der Waals surface area contributed by atoms with Crippen molar-refractivity contribution >= 4 is 17.0 Å². The van der Waals surface area contributed by atoms with Crippen LogP contribution in [-0.4, -0.2) is 33.8 Å². The number of carbonyl (C=O) groups excluding carboxylic acids is 1. The van der Waals surface area contributed by atoms with E-state index in [4.69, 9.17) is 4.74 Å². The van der Waals surface area contributed by atoms with Crippen LogP contribution in [0.15, 0.2) is 30.5 Å². The molecule has 0 spiro atoms. The average Bonchev–Trinajstić information content (AvgIpc) is 3.06. The molecular weight excluding hydrogens is 371 g/mol. The van der Waals surface area contributed by atoms with Crippen molar-refractivity contribution < 1.29 is 13.9 Å². The first-order valence-corrected chi connectivity index (χ1v) is 9.20. The highest BCUT2D eigenvalue weighted by Crippen LogP contribution is 2.33. The molecule has 0 aliphatic rings. The second-order valence-corrected chi connectivity index (χ2v) is 8.07. The van der Waals surface area contributed by atoms with Gasteiger partial charge >= 0.3 is 6.09 Å². The Morgan fingerprint density at radius 3 is 2.66 bits per heavy atom. The number of amides is 1. The third-order valence-electron chi connectivity index (χ3n) is 4.44. The van der Waals surface area contributed by atoms with Crippen LogP contribution in [0.25, 0.3) is 22.0 Å². The minimum atomic E-state index is -0.601. The van der Waals surface area contributed by atoms with E-state index in [0.717, 1.165) is 10.9 Å². The quantitative estimate of drug-likeness (QED) is 0.684. The van der Waals surface area contributed by atoms with Crippen molar-refractivity contribution in [1.82, 2.24) is 15.1 Å². The zero-order chi connectivity index (χ0) is 21.3. The number of aromatic amines is 1. The first kappa shape index (κ1) is 20.3. The Bertz CT molecular complexity index is 1100. The summed E-state index contributed by atoms with van der Waals surface area (Å²) < 4.78 is 20.4. The summed E-state index contributed by atoms with van der Waals surface area (Å²) in [5.74, 6) is -0.447. The van der Waals surface area contributed by atoms with Gasteiger partial charge < -0.3 is 9.64 Å². The zero-order valence-electron chi connectivity index (χ0n) is 17.1. The number of fused-ring (bicyclic) bond motifs is 1. The Kier molecular flexibility index (Phi) is 5.29. The lowest BCUT2D eigenvalue weighted by atomic mass is 9.93. The van der Waals surface area contributed by atoms with Gasteiger partial charge in [-0.05, 0) is 57.0 Å². The molecule has 3 aromatic rings. The van der Waals surface area contributed by atoms with Gasteiger partial charge in [-0.15, -0.1) is 0 Å². The van der Waals surface area contributed by atoms with E-state index < -0.39 is 17.5 Å². The van der Waals surface area contributed by atoms with Crippen LogP contribution in [-0.2, 0) is 11.3 Å². The van der Waals surface area contributed by atoms with Crippen LogP contribution in [0.5, 0.6) is 0 Å². The Morgan fingerprint density at radius 1 is 1.31 bits per heavy atom. The summed E-state index contributed by atoms with van der Waals surface area (Å²) in [6.07, 6.45) is 1.16. The van der Waals surface area contributed by atoms with Crippen molar-refractivity contribution in [2.24, 2.45) is 0 Å². The predicted molar refractivity (Wildman–Crippen MR) is 109 cm³/mol. The van der Waals surface area contributed by atoms with Gasteiger partial charge in [0, 0.05) is 30.1 Å². The van der Waals surface area contributed by atoms with Crippen LogP contribution in [0.3, 0.4) is 0 Å². The molecule has 0 fully saturated rings. The van der Waals surface area contributed by atoms with Crippen molar-refractivity contribution in [1.29, 1.82) is 5.26 Å². The summed E-state index contributed by atoms with van der Waals surface area (Å²) in [4.78, 5) is 13.6. The molecule has 0 unspecified atom stereocenters. The fourth-order valence-electron chi connectivity index (χ4n) is 3.22. The lowest BCUT2D eigenvalue weighted by Gasteiger charge is -2.25. The Labute approximate surface area is 168 Å². The second-order valence-electron chi connectivity index (χ2n) is 8.07. The van der Waals surface area contributed by atoms with E-state index in [1.807, 2.05) is 6.07 Å². The molecule has 0 aliphatic heterocycles. The molecule has 150 valence electrons. The molecule has 0 radical (unpaired) electrons. The van der Waals surface area contributed by atoms with Gasteiger partial charge in [0.1, 0.15) is 11.4 Å². The highest BCUT2D eigenvalue weighted by molar-refractivity contribution is 5.88. The Morgan fingerprint density at radius 2 is 2.03 bits per heavy atom. The predicted octanol–water partition coefficient (Wildman–Crippen LogP) is 4.92. The minimum Gasteiger partial charge on any atom is -0.444 e. The maximum Gasteiger partial charge on any atom is 0.410 e. The number of ether oxygens (including phenoxy) is 1. The normalized spacial score (nSPS) is 11.3. The smallest absolute Gasteiger partial charge is 0.410 e. The molecule has 0 bridgehead atoms. The summed E-state index contributed by atoms with van der Waals surface area (Å²) in [5, 5.41) is 17.1. The summed E-state index contributed by atoms with van der Waals surface area (Å²) in [6, 6.07) is 8.77. The first-order chi connectivity index (χ1) is 13.6. The summed E-state index contributed by atoms with van der Waals surface area (Å²) in [5.41, 5.74) is 2.69. The molecule has 0 aliphatic carbocycles. The number of carbonyl (C=O) groups is 1. The Balaban J connectivity index is 1.95. The monoisotopic (exact) mass is 394 g/mol. The van der Waals surface area contributed by atoms with Crippen LogP contribution >= 0.6 is 0 Å². The molecule has 1 heterocycles. The number of benzene rings is 2. The molecule has 1 amide bonds. The van der Waals surface area contributed by atoms with Gasteiger partial charge in [0.2, 0.25) is 0 Å². The van der Waals surface area contributed by atoms with E-state index >= 15 is 4.39 Å². The van der Waals surface area contributed by atoms with Crippen molar-refractivity contribution in [2.75, 3.05) is 7.05 Å². The summed E-state index contributed by atoms with van der Waals surface area (Å²) in [7, 11) is 1.61. The van der Waals surface area contributed by atoms with Crippen molar-refractivity contribution in [2.45, 2.75) is 39.8 Å². The number of hydrogen-bond donors (Lipinski definition) is 1. The van der Waals surface area contributed by atoms with E-state index in [2.05, 4.69) is 16.3 Å². The molecule has 2 aromatic carbocycles. The lowest BCUT2D eigenvalue weighted by Crippen LogP contribution is -2.33. The van der Waals surface area contributed by atoms with Gasteiger partial charge in [-0.2, -0.15) is 10.4 Å². The van der Waals surface area contributed by atoms with E-state index in [1.54, 1.807) is 53.1 Å². The van der Waals surface area contributed by atoms with E-state index in [-0.39, 0.29) is 6.54 Å². The maximum atomic E-state index is 15.1. The van der Waals surface area contributed by atoms with Crippen molar-refractivity contribution in [3.05, 3.63) is 53.0 Å². The fourth-order valence-corrected chi connectivity index (χ4v) is 3.22. The summed E-state index contributed by atoms with van der Waals surface area (Å²) in [6.45, 7) is 7.37. The van der Waals surface area contributed by atoms with Crippen molar-refractivity contribution in [3.8, 4) is 17.2 Å². The standard InChI is InChI=1S/C22H23FN4O2/c1-13-6-14(12-27(5)21(28)29-22(2,3)4)7-18(23)20(13)17-8-16-11-25-26-19(16)9-15(17)10-24/h6-9,11H,12H2,1-5H3,(H,25,26). The Hall–Kier alpha value is -3.40. The molecule has 29 heavy (non-hydrogen) atoms. The molecule has 7 heteroatoms. The number of H-pyrrole nitrogens is 1. The molecule has 6 nitrogen and oxygen atoms in total.